The van der Waals surface area contributed by atoms with E-state index in [2.05, 4.69) is 4.98 Å². The quantitative estimate of drug-likeness (QED) is 0.287. The maximum atomic E-state index is 12.5. The van der Waals surface area contributed by atoms with Gasteiger partial charge in [-0.1, -0.05) is 46.4 Å². The summed E-state index contributed by atoms with van der Waals surface area (Å²) >= 11 is 23.6. The molecule has 29 heavy (non-hydrogen) atoms. The molecule has 0 aliphatic rings. The summed E-state index contributed by atoms with van der Waals surface area (Å²) in [6.07, 6.45) is -3.32. The number of ether oxygens (including phenoxy) is 3. The van der Waals surface area contributed by atoms with Gasteiger partial charge in [0.1, 0.15) is 16.0 Å². The number of halogens is 7. The largest absolute Gasteiger partial charge is 0.490 e. The van der Waals surface area contributed by atoms with Gasteiger partial charge in [0.25, 0.3) is 0 Å². The van der Waals surface area contributed by atoms with Gasteiger partial charge < -0.3 is 14.2 Å². The molecule has 0 aliphatic heterocycles. The molecular formula is C18H14Cl4F3NO3. The fraction of sp³-hybridized carbons (Fsp3) is 0.278. The summed E-state index contributed by atoms with van der Waals surface area (Å²) in [6, 6.07) is 5.03. The highest BCUT2D eigenvalue weighted by molar-refractivity contribution is 6.56. The number of rotatable bonds is 8. The molecule has 4 nitrogen and oxygen atoms in total. The lowest BCUT2D eigenvalue weighted by Gasteiger charge is -2.13. The zero-order chi connectivity index (χ0) is 21.6. The van der Waals surface area contributed by atoms with E-state index in [4.69, 9.17) is 60.6 Å². The predicted molar refractivity (Wildman–Crippen MR) is 106 cm³/mol. The number of benzene rings is 1. The molecule has 11 heteroatoms. The summed E-state index contributed by atoms with van der Waals surface area (Å²) in [5, 5.41) is 0.438. The highest BCUT2D eigenvalue weighted by Gasteiger charge is 2.30. The molecule has 0 saturated heterocycles. The smallest absolute Gasteiger partial charge is 0.417 e. The first-order valence-electron chi connectivity index (χ1n) is 8.05. The number of aromatic nitrogens is 1. The SMILES string of the molecule is CC(Oc1cc(Cl)c(OCCCOc2ccc(C(F)(F)F)cn2)c(Cl)c1)=C(Cl)Cl. The number of hydrogen-bond donors (Lipinski definition) is 0. The monoisotopic (exact) mass is 489 g/mol. The van der Waals surface area contributed by atoms with Gasteiger partial charge in [-0.25, -0.2) is 4.98 Å². The number of allylic oxidation sites excluding steroid dienone is 1. The van der Waals surface area contributed by atoms with Crippen molar-refractivity contribution in [3.63, 3.8) is 0 Å². The van der Waals surface area contributed by atoms with Crippen LogP contribution in [0.3, 0.4) is 0 Å². The van der Waals surface area contributed by atoms with Crippen molar-refractivity contribution in [2.45, 2.75) is 19.5 Å². The van der Waals surface area contributed by atoms with Crippen LogP contribution in [0.5, 0.6) is 17.4 Å². The van der Waals surface area contributed by atoms with Crippen LogP contribution in [0.15, 0.2) is 40.7 Å². The van der Waals surface area contributed by atoms with Crippen LogP contribution in [0.25, 0.3) is 0 Å². The molecule has 0 aliphatic carbocycles. The van der Waals surface area contributed by atoms with Crippen molar-refractivity contribution in [2.75, 3.05) is 13.2 Å². The lowest BCUT2D eigenvalue weighted by atomic mass is 10.3. The Balaban J connectivity index is 1.84. The van der Waals surface area contributed by atoms with Crippen LogP contribution < -0.4 is 14.2 Å². The van der Waals surface area contributed by atoms with Gasteiger partial charge in [0.05, 0.1) is 28.8 Å². The maximum Gasteiger partial charge on any atom is 0.417 e. The van der Waals surface area contributed by atoms with E-state index in [9.17, 15) is 13.2 Å². The molecule has 0 unspecified atom stereocenters. The van der Waals surface area contributed by atoms with E-state index in [1.807, 2.05) is 0 Å². The van der Waals surface area contributed by atoms with Crippen molar-refractivity contribution in [2.24, 2.45) is 0 Å². The third kappa shape index (κ3) is 7.33. The fourth-order valence-electron chi connectivity index (χ4n) is 1.99. The summed E-state index contributed by atoms with van der Waals surface area (Å²) in [5.74, 6) is 0.951. The van der Waals surface area contributed by atoms with E-state index < -0.39 is 11.7 Å². The van der Waals surface area contributed by atoms with Crippen LogP contribution in [0, 0.1) is 0 Å². The second-order valence-electron chi connectivity index (χ2n) is 5.57. The number of nitrogens with zero attached hydrogens (tertiary/aromatic N) is 1. The van der Waals surface area contributed by atoms with Gasteiger partial charge >= 0.3 is 6.18 Å². The van der Waals surface area contributed by atoms with Crippen LogP contribution in [-0.2, 0) is 6.18 Å². The molecule has 0 fully saturated rings. The Hall–Kier alpha value is -1.54. The van der Waals surface area contributed by atoms with Gasteiger partial charge in [-0.3, -0.25) is 0 Å². The third-order valence-electron chi connectivity index (χ3n) is 3.36. The van der Waals surface area contributed by atoms with Crippen LogP contribution in [-0.4, -0.2) is 18.2 Å². The van der Waals surface area contributed by atoms with Crippen LogP contribution in [0.2, 0.25) is 10.0 Å². The molecule has 0 bridgehead atoms. The van der Waals surface area contributed by atoms with Gasteiger partial charge in [0, 0.05) is 30.8 Å². The summed E-state index contributed by atoms with van der Waals surface area (Å²) in [5.41, 5.74) is -0.844. The van der Waals surface area contributed by atoms with Crippen LogP contribution in [0.4, 0.5) is 13.2 Å². The van der Waals surface area contributed by atoms with Crippen molar-refractivity contribution in [1.29, 1.82) is 0 Å². The molecule has 1 aromatic heterocycles. The Bertz CT molecular complexity index is 847. The van der Waals surface area contributed by atoms with Crippen LogP contribution >= 0.6 is 46.4 Å². The first-order valence-corrected chi connectivity index (χ1v) is 9.56. The molecule has 1 heterocycles. The lowest BCUT2D eigenvalue weighted by Crippen LogP contribution is -2.08. The fourth-order valence-corrected chi connectivity index (χ4v) is 2.65. The Labute approximate surface area is 185 Å². The average Bonchev–Trinajstić information content (AvgIpc) is 2.63. The average molecular weight is 491 g/mol. The molecule has 158 valence electrons. The summed E-state index contributed by atoms with van der Waals surface area (Å²) in [4.78, 5) is 3.61. The van der Waals surface area contributed by atoms with Crippen molar-refractivity contribution in [1.82, 2.24) is 4.98 Å². The molecule has 0 N–H and O–H groups in total. The summed E-state index contributed by atoms with van der Waals surface area (Å²) < 4.78 is 53.6. The van der Waals surface area contributed by atoms with Gasteiger partial charge in [-0.15, -0.1) is 0 Å². The molecule has 0 radical (unpaired) electrons. The van der Waals surface area contributed by atoms with E-state index in [1.165, 1.54) is 12.1 Å². The minimum absolute atomic E-state index is 0.0277. The molecule has 0 amide bonds. The van der Waals surface area contributed by atoms with Gasteiger partial charge in [-0.05, 0) is 13.0 Å². The van der Waals surface area contributed by atoms with Crippen LogP contribution in [0.1, 0.15) is 18.9 Å². The second-order valence-corrected chi connectivity index (χ2v) is 7.33. The van der Waals surface area contributed by atoms with Crippen molar-refractivity contribution in [3.8, 4) is 17.4 Å². The molecule has 1 aromatic carbocycles. The zero-order valence-electron chi connectivity index (χ0n) is 14.8. The second kappa shape index (κ2) is 10.5. The highest BCUT2D eigenvalue weighted by atomic mass is 35.5. The Morgan fingerprint density at radius 2 is 1.66 bits per heavy atom. The molecule has 0 spiro atoms. The first kappa shape index (κ1) is 23.7. The predicted octanol–water partition coefficient (Wildman–Crippen LogP) is 7.30. The Kier molecular flexibility index (Phi) is 8.58. The van der Waals surface area contributed by atoms with E-state index >= 15 is 0 Å². The first-order chi connectivity index (χ1) is 13.6. The van der Waals surface area contributed by atoms with Crippen molar-refractivity contribution >= 4 is 46.4 Å². The summed E-state index contributed by atoms with van der Waals surface area (Å²) in [6.45, 7) is 1.95. The lowest BCUT2D eigenvalue weighted by molar-refractivity contribution is -0.137. The normalized spacial score (nSPS) is 11.2. The van der Waals surface area contributed by atoms with Crippen molar-refractivity contribution in [3.05, 3.63) is 56.3 Å². The molecule has 2 rings (SSSR count). The van der Waals surface area contributed by atoms with E-state index in [0.29, 0.717) is 18.4 Å². The number of alkyl halides is 3. The molecule has 2 aromatic rings. The minimum atomic E-state index is -4.44. The van der Waals surface area contributed by atoms with Gasteiger partial charge in [0.15, 0.2) is 5.75 Å². The zero-order valence-corrected chi connectivity index (χ0v) is 17.8. The van der Waals surface area contributed by atoms with Crippen molar-refractivity contribution < 1.29 is 27.4 Å². The highest BCUT2D eigenvalue weighted by Crippen LogP contribution is 2.38. The third-order valence-corrected chi connectivity index (χ3v) is 4.45. The van der Waals surface area contributed by atoms with E-state index in [0.717, 1.165) is 12.1 Å². The standard InChI is InChI=1S/C18H14Cl4F3NO3/c1-10(17(21)22)29-12-7-13(19)16(14(20)8-12)28-6-2-5-27-15-4-3-11(9-26-15)18(23,24)25/h3-4,7-9H,2,5-6H2,1H3. The topological polar surface area (TPSA) is 40.6 Å². The number of hydrogen-bond acceptors (Lipinski definition) is 4. The Morgan fingerprint density at radius 3 is 2.17 bits per heavy atom. The molecule has 0 saturated carbocycles. The van der Waals surface area contributed by atoms with Gasteiger partial charge in [0.2, 0.25) is 5.88 Å². The maximum absolute atomic E-state index is 12.5. The van der Waals surface area contributed by atoms with E-state index in [-0.39, 0.29) is 45.1 Å². The Morgan fingerprint density at radius 1 is 1.03 bits per heavy atom. The molecular weight excluding hydrogens is 477 g/mol. The number of pyridine rings is 1. The van der Waals surface area contributed by atoms with Gasteiger partial charge in [-0.2, -0.15) is 13.2 Å². The minimum Gasteiger partial charge on any atom is -0.490 e. The molecule has 0 atom stereocenters. The summed E-state index contributed by atoms with van der Waals surface area (Å²) in [7, 11) is 0. The van der Waals surface area contributed by atoms with E-state index in [1.54, 1.807) is 6.92 Å².